The van der Waals surface area contributed by atoms with Gasteiger partial charge >= 0.3 is 5.97 Å². The first-order chi connectivity index (χ1) is 15.0. The Morgan fingerprint density at radius 2 is 1.81 bits per heavy atom. The SMILES string of the molecule is CC[C@@H](C)c1ccccc1NC(=O)COC(=O)c1nn(CCO)c(=O)c2ccccc12. The van der Waals surface area contributed by atoms with E-state index in [-0.39, 0.29) is 30.1 Å². The number of amides is 1. The van der Waals surface area contributed by atoms with Gasteiger partial charge in [-0.05, 0) is 30.0 Å². The highest BCUT2D eigenvalue weighted by Gasteiger charge is 2.19. The zero-order valence-electron chi connectivity index (χ0n) is 17.5. The number of carbonyl (C=O) groups is 2. The van der Waals surface area contributed by atoms with Crippen LogP contribution in [0, 0.1) is 0 Å². The first kappa shape index (κ1) is 22.2. The molecule has 162 valence electrons. The minimum Gasteiger partial charge on any atom is -0.451 e. The number of nitrogens with one attached hydrogen (secondary N) is 1. The van der Waals surface area contributed by atoms with Gasteiger partial charge in [-0.3, -0.25) is 9.59 Å². The molecule has 8 heteroatoms. The molecule has 0 unspecified atom stereocenters. The van der Waals surface area contributed by atoms with Crippen LogP contribution in [0.15, 0.2) is 53.3 Å². The van der Waals surface area contributed by atoms with Gasteiger partial charge in [0, 0.05) is 11.1 Å². The van der Waals surface area contributed by atoms with Crippen molar-refractivity contribution in [2.24, 2.45) is 0 Å². The Labute approximate surface area is 179 Å². The van der Waals surface area contributed by atoms with Crippen LogP contribution >= 0.6 is 0 Å². The van der Waals surface area contributed by atoms with Crippen LogP contribution in [-0.4, -0.2) is 40.0 Å². The van der Waals surface area contributed by atoms with Crippen molar-refractivity contribution in [3.63, 3.8) is 0 Å². The van der Waals surface area contributed by atoms with E-state index in [1.807, 2.05) is 18.2 Å². The molecule has 0 aliphatic heterocycles. The van der Waals surface area contributed by atoms with Crippen LogP contribution in [0.25, 0.3) is 10.8 Å². The molecular weight excluding hydrogens is 398 g/mol. The van der Waals surface area contributed by atoms with Crippen LogP contribution in [-0.2, 0) is 16.1 Å². The molecular formula is C23H25N3O5. The molecule has 3 aromatic rings. The number of esters is 1. The van der Waals surface area contributed by atoms with Gasteiger partial charge in [-0.25, -0.2) is 9.48 Å². The number of anilines is 1. The zero-order chi connectivity index (χ0) is 22.4. The van der Waals surface area contributed by atoms with E-state index in [1.165, 1.54) is 0 Å². The van der Waals surface area contributed by atoms with Crippen LogP contribution in [0.1, 0.15) is 42.2 Å². The van der Waals surface area contributed by atoms with Gasteiger partial charge in [0.1, 0.15) is 0 Å². The van der Waals surface area contributed by atoms with E-state index in [0.29, 0.717) is 11.1 Å². The van der Waals surface area contributed by atoms with Crippen LogP contribution < -0.4 is 10.9 Å². The molecule has 31 heavy (non-hydrogen) atoms. The van der Waals surface area contributed by atoms with Gasteiger partial charge in [-0.2, -0.15) is 5.10 Å². The monoisotopic (exact) mass is 423 g/mol. The van der Waals surface area contributed by atoms with E-state index >= 15 is 0 Å². The fraction of sp³-hybridized carbons (Fsp3) is 0.304. The number of aromatic nitrogens is 2. The molecule has 0 saturated heterocycles. The normalized spacial score (nSPS) is 11.8. The Bertz CT molecular complexity index is 1160. The van der Waals surface area contributed by atoms with Crippen molar-refractivity contribution in [1.29, 1.82) is 0 Å². The summed E-state index contributed by atoms with van der Waals surface area (Å²) in [5.41, 5.74) is 1.18. The molecule has 0 aliphatic rings. The third kappa shape index (κ3) is 4.97. The summed E-state index contributed by atoms with van der Waals surface area (Å²) in [6.07, 6.45) is 0.921. The maximum atomic E-state index is 12.7. The number of carbonyl (C=O) groups excluding carboxylic acids is 2. The fourth-order valence-electron chi connectivity index (χ4n) is 3.28. The predicted molar refractivity (Wildman–Crippen MR) is 117 cm³/mol. The van der Waals surface area contributed by atoms with Crippen molar-refractivity contribution in [2.75, 3.05) is 18.5 Å². The molecule has 1 atom stereocenters. The first-order valence-corrected chi connectivity index (χ1v) is 10.1. The Kier molecular flexibility index (Phi) is 7.15. The first-order valence-electron chi connectivity index (χ1n) is 10.1. The fourth-order valence-corrected chi connectivity index (χ4v) is 3.28. The van der Waals surface area contributed by atoms with E-state index in [2.05, 4.69) is 24.3 Å². The summed E-state index contributed by atoms with van der Waals surface area (Å²) in [6.45, 7) is 3.28. The summed E-state index contributed by atoms with van der Waals surface area (Å²) >= 11 is 0. The highest BCUT2D eigenvalue weighted by molar-refractivity contribution is 6.03. The number of nitrogens with zero attached hydrogens (tertiary/aromatic N) is 2. The zero-order valence-corrected chi connectivity index (χ0v) is 17.5. The molecule has 0 fully saturated rings. The second-order valence-corrected chi connectivity index (χ2v) is 7.17. The lowest BCUT2D eigenvalue weighted by atomic mass is 9.97. The number of fused-ring (bicyclic) bond motifs is 1. The van der Waals surface area contributed by atoms with E-state index in [1.54, 1.807) is 30.3 Å². The minimum atomic E-state index is -0.826. The van der Waals surface area contributed by atoms with Gasteiger partial charge in [0.25, 0.3) is 11.5 Å². The summed E-state index contributed by atoms with van der Waals surface area (Å²) in [5, 5.41) is 16.6. The number of hydrogen-bond acceptors (Lipinski definition) is 6. The lowest BCUT2D eigenvalue weighted by Gasteiger charge is -2.15. The van der Waals surface area contributed by atoms with E-state index in [9.17, 15) is 19.5 Å². The van der Waals surface area contributed by atoms with E-state index in [0.717, 1.165) is 16.7 Å². The van der Waals surface area contributed by atoms with Gasteiger partial charge in [-0.15, -0.1) is 0 Å². The predicted octanol–water partition coefficient (Wildman–Crippen LogP) is 2.70. The lowest BCUT2D eigenvalue weighted by Crippen LogP contribution is -2.28. The molecule has 0 saturated carbocycles. The van der Waals surface area contributed by atoms with Crippen molar-refractivity contribution >= 4 is 28.3 Å². The molecule has 0 aliphatic carbocycles. The van der Waals surface area contributed by atoms with Crippen molar-refractivity contribution in [3.8, 4) is 0 Å². The molecule has 3 rings (SSSR count). The van der Waals surface area contributed by atoms with Crippen LogP contribution in [0.2, 0.25) is 0 Å². The van der Waals surface area contributed by atoms with Crippen molar-refractivity contribution in [3.05, 3.63) is 70.1 Å². The molecule has 0 bridgehead atoms. The Hall–Kier alpha value is -3.52. The summed E-state index contributed by atoms with van der Waals surface area (Å²) < 4.78 is 6.19. The van der Waals surface area contributed by atoms with Crippen molar-refractivity contribution in [2.45, 2.75) is 32.7 Å². The molecule has 1 heterocycles. The van der Waals surface area contributed by atoms with Gasteiger partial charge in [-0.1, -0.05) is 50.2 Å². The van der Waals surface area contributed by atoms with Gasteiger partial charge in [0.15, 0.2) is 12.3 Å². The standard InChI is InChI=1S/C23H25N3O5/c1-3-15(2)16-8-6-7-11-19(16)24-20(28)14-31-23(30)21-17-9-4-5-10-18(17)22(29)26(25-21)12-13-27/h4-11,15,27H,3,12-14H2,1-2H3,(H,24,28)/t15-/m1/s1. The maximum Gasteiger partial charge on any atom is 0.359 e. The Morgan fingerprint density at radius 3 is 2.52 bits per heavy atom. The number of aliphatic hydroxyl groups excluding tert-OH is 1. The summed E-state index contributed by atoms with van der Waals surface area (Å²) in [7, 11) is 0. The van der Waals surface area contributed by atoms with Crippen LogP contribution in [0.4, 0.5) is 5.69 Å². The summed E-state index contributed by atoms with van der Waals surface area (Å²) in [4.78, 5) is 37.5. The summed E-state index contributed by atoms with van der Waals surface area (Å²) in [6, 6.07) is 14.0. The largest absolute Gasteiger partial charge is 0.451 e. The number of rotatable bonds is 8. The Balaban J connectivity index is 1.77. The maximum absolute atomic E-state index is 12.7. The second kappa shape index (κ2) is 9.99. The highest BCUT2D eigenvalue weighted by Crippen LogP contribution is 2.26. The molecule has 0 radical (unpaired) electrons. The summed E-state index contributed by atoms with van der Waals surface area (Å²) in [5.74, 6) is -1.03. The number of aliphatic hydroxyl groups is 1. The molecule has 2 N–H and O–H groups in total. The lowest BCUT2D eigenvalue weighted by molar-refractivity contribution is -0.119. The van der Waals surface area contributed by atoms with Crippen molar-refractivity contribution in [1.82, 2.24) is 9.78 Å². The smallest absolute Gasteiger partial charge is 0.359 e. The topological polar surface area (TPSA) is 111 Å². The molecule has 1 aromatic heterocycles. The second-order valence-electron chi connectivity index (χ2n) is 7.17. The molecule has 0 spiro atoms. The average Bonchev–Trinajstić information content (AvgIpc) is 2.79. The molecule has 1 amide bonds. The van der Waals surface area contributed by atoms with Gasteiger partial charge in [0.05, 0.1) is 18.5 Å². The van der Waals surface area contributed by atoms with Crippen LogP contribution in [0.5, 0.6) is 0 Å². The third-order valence-electron chi connectivity index (χ3n) is 5.09. The molecule has 2 aromatic carbocycles. The van der Waals surface area contributed by atoms with E-state index < -0.39 is 24.0 Å². The van der Waals surface area contributed by atoms with Gasteiger partial charge in [0.2, 0.25) is 0 Å². The number of hydrogen-bond donors (Lipinski definition) is 2. The average molecular weight is 423 g/mol. The van der Waals surface area contributed by atoms with Crippen molar-refractivity contribution < 1.29 is 19.4 Å². The molecule has 8 nitrogen and oxygen atoms in total. The third-order valence-corrected chi connectivity index (χ3v) is 5.09. The highest BCUT2D eigenvalue weighted by atomic mass is 16.5. The minimum absolute atomic E-state index is 0.0587. The Morgan fingerprint density at radius 1 is 1.13 bits per heavy atom. The van der Waals surface area contributed by atoms with E-state index in [4.69, 9.17) is 4.74 Å². The number of benzene rings is 2. The number of para-hydroxylation sites is 1. The van der Waals surface area contributed by atoms with Crippen LogP contribution in [0.3, 0.4) is 0 Å². The number of ether oxygens (including phenoxy) is 1. The quantitative estimate of drug-likeness (QED) is 0.539. The van der Waals surface area contributed by atoms with Gasteiger partial charge < -0.3 is 15.2 Å².